The van der Waals surface area contributed by atoms with E-state index in [2.05, 4.69) is 0 Å². The Labute approximate surface area is 113 Å². The van der Waals surface area contributed by atoms with Gasteiger partial charge >= 0.3 is 0 Å². The normalized spacial score (nSPS) is 10.4. The second kappa shape index (κ2) is 5.81. The summed E-state index contributed by atoms with van der Waals surface area (Å²) >= 11 is 1.32. The van der Waals surface area contributed by atoms with Crippen molar-refractivity contribution in [2.45, 2.75) is 16.4 Å². The van der Waals surface area contributed by atoms with Gasteiger partial charge in [-0.25, -0.2) is 4.39 Å². The van der Waals surface area contributed by atoms with Crippen LogP contribution >= 0.6 is 11.8 Å². The lowest BCUT2D eigenvalue weighted by atomic mass is 10.2. The second-order valence-electron chi connectivity index (χ2n) is 3.76. The van der Waals surface area contributed by atoms with E-state index in [0.29, 0.717) is 5.56 Å². The molecule has 0 fully saturated rings. The van der Waals surface area contributed by atoms with Crippen molar-refractivity contribution in [3.05, 3.63) is 64.0 Å². The Bertz CT molecular complexity index is 601. The Morgan fingerprint density at radius 3 is 2.47 bits per heavy atom. The van der Waals surface area contributed by atoms with Crippen LogP contribution in [0.3, 0.4) is 0 Å². The van der Waals surface area contributed by atoms with E-state index < -0.39 is 10.7 Å². The molecule has 0 aliphatic carbocycles. The molecule has 0 aliphatic rings. The third-order valence-corrected chi connectivity index (χ3v) is 3.59. The van der Waals surface area contributed by atoms with E-state index in [1.807, 2.05) is 0 Å². The summed E-state index contributed by atoms with van der Waals surface area (Å²) < 4.78 is 13.0. The molecule has 0 saturated carbocycles. The molecule has 0 amide bonds. The number of hydrogen-bond donors (Lipinski definition) is 1. The van der Waals surface area contributed by atoms with E-state index in [1.54, 1.807) is 18.2 Å². The van der Waals surface area contributed by atoms with Crippen molar-refractivity contribution in [1.82, 2.24) is 0 Å². The summed E-state index contributed by atoms with van der Waals surface area (Å²) in [5.74, 6) is -0.405. The first-order valence-electron chi connectivity index (χ1n) is 5.42. The Morgan fingerprint density at radius 2 is 1.89 bits per heavy atom. The number of non-ortho nitro benzene ring substituents is 1. The first kappa shape index (κ1) is 13.5. The van der Waals surface area contributed by atoms with E-state index in [9.17, 15) is 14.5 Å². The standard InChI is InChI=1S/C13H10FNO3S/c14-10-1-6-13(9(7-10)8-16)19-12-4-2-11(3-5-12)15(17)18/h1-7,16H,8H2. The van der Waals surface area contributed by atoms with Gasteiger partial charge in [-0.15, -0.1) is 0 Å². The van der Waals surface area contributed by atoms with Crippen molar-refractivity contribution in [3.63, 3.8) is 0 Å². The molecule has 0 heterocycles. The number of nitrogens with zero attached hydrogens (tertiary/aromatic N) is 1. The lowest BCUT2D eigenvalue weighted by molar-refractivity contribution is -0.384. The van der Waals surface area contributed by atoms with E-state index in [-0.39, 0.29) is 12.3 Å². The fourth-order valence-electron chi connectivity index (χ4n) is 1.53. The predicted molar refractivity (Wildman–Crippen MR) is 69.5 cm³/mol. The van der Waals surface area contributed by atoms with Gasteiger partial charge in [0, 0.05) is 21.9 Å². The van der Waals surface area contributed by atoms with Gasteiger partial charge in [-0.05, 0) is 35.9 Å². The maximum atomic E-state index is 13.0. The highest BCUT2D eigenvalue weighted by atomic mass is 32.2. The van der Waals surface area contributed by atoms with Gasteiger partial charge in [-0.3, -0.25) is 10.1 Å². The molecule has 0 atom stereocenters. The highest BCUT2D eigenvalue weighted by molar-refractivity contribution is 7.99. The van der Waals surface area contributed by atoms with Crippen LogP contribution in [-0.4, -0.2) is 10.0 Å². The molecule has 2 aromatic rings. The van der Waals surface area contributed by atoms with Gasteiger partial charge in [-0.1, -0.05) is 11.8 Å². The number of nitro benzene ring substituents is 1. The molecule has 0 saturated heterocycles. The molecule has 0 bridgehead atoms. The van der Waals surface area contributed by atoms with Crippen LogP contribution in [0, 0.1) is 15.9 Å². The molecule has 2 rings (SSSR count). The first-order valence-corrected chi connectivity index (χ1v) is 6.23. The molecule has 0 aliphatic heterocycles. The maximum Gasteiger partial charge on any atom is 0.269 e. The maximum absolute atomic E-state index is 13.0. The SMILES string of the molecule is O=[N+]([O-])c1ccc(Sc2ccc(F)cc2CO)cc1. The monoisotopic (exact) mass is 279 g/mol. The molecule has 0 unspecified atom stereocenters. The minimum atomic E-state index is -0.467. The minimum absolute atomic E-state index is 0.0193. The largest absolute Gasteiger partial charge is 0.392 e. The van der Waals surface area contributed by atoms with Crippen LogP contribution in [0.15, 0.2) is 52.3 Å². The van der Waals surface area contributed by atoms with Crippen LogP contribution in [0.4, 0.5) is 10.1 Å². The smallest absolute Gasteiger partial charge is 0.269 e. The van der Waals surface area contributed by atoms with Crippen LogP contribution in [0.2, 0.25) is 0 Å². The zero-order valence-corrected chi connectivity index (χ0v) is 10.6. The van der Waals surface area contributed by atoms with Crippen molar-refractivity contribution in [1.29, 1.82) is 0 Å². The Kier molecular flexibility index (Phi) is 4.13. The van der Waals surface area contributed by atoms with E-state index in [4.69, 9.17) is 5.11 Å². The summed E-state index contributed by atoms with van der Waals surface area (Å²) in [4.78, 5) is 11.6. The molecule has 0 radical (unpaired) electrons. The zero-order valence-electron chi connectivity index (χ0n) is 9.75. The molecule has 0 aromatic heterocycles. The van der Waals surface area contributed by atoms with E-state index >= 15 is 0 Å². The van der Waals surface area contributed by atoms with Crippen molar-refractivity contribution in [2.24, 2.45) is 0 Å². The van der Waals surface area contributed by atoms with Gasteiger partial charge in [0.05, 0.1) is 11.5 Å². The summed E-state index contributed by atoms with van der Waals surface area (Å²) in [5.41, 5.74) is 0.509. The molecular formula is C13H10FNO3S. The molecule has 19 heavy (non-hydrogen) atoms. The molecular weight excluding hydrogens is 269 g/mol. The van der Waals surface area contributed by atoms with Crippen molar-refractivity contribution in [2.75, 3.05) is 0 Å². The summed E-state index contributed by atoms with van der Waals surface area (Å²) in [6.45, 7) is -0.257. The summed E-state index contributed by atoms with van der Waals surface area (Å²) in [7, 11) is 0. The lowest BCUT2D eigenvalue weighted by Gasteiger charge is -2.07. The fraction of sp³-hybridized carbons (Fsp3) is 0.0769. The number of nitro groups is 1. The fourth-order valence-corrected chi connectivity index (χ4v) is 2.45. The van der Waals surface area contributed by atoms with Crippen molar-refractivity contribution >= 4 is 17.4 Å². The van der Waals surface area contributed by atoms with Crippen molar-refractivity contribution in [3.8, 4) is 0 Å². The predicted octanol–water partition coefficient (Wildman–Crippen LogP) is 3.38. The number of hydrogen-bond acceptors (Lipinski definition) is 4. The number of benzene rings is 2. The molecule has 0 spiro atoms. The molecule has 2 aromatic carbocycles. The molecule has 4 nitrogen and oxygen atoms in total. The average Bonchev–Trinajstić information content (AvgIpc) is 2.41. The van der Waals surface area contributed by atoms with Gasteiger partial charge in [0.2, 0.25) is 0 Å². The van der Waals surface area contributed by atoms with Crippen molar-refractivity contribution < 1.29 is 14.4 Å². The Morgan fingerprint density at radius 1 is 1.21 bits per heavy atom. The van der Waals surface area contributed by atoms with Gasteiger partial charge in [0.15, 0.2) is 0 Å². The van der Waals surface area contributed by atoms with E-state index in [0.717, 1.165) is 9.79 Å². The van der Waals surface area contributed by atoms with Crippen LogP contribution in [0.1, 0.15) is 5.56 Å². The highest BCUT2D eigenvalue weighted by Gasteiger charge is 2.08. The minimum Gasteiger partial charge on any atom is -0.392 e. The molecule has 6 heteroatoms. The summed E-state index contributed by atoms with van der Waals surface area (Å²) in [6.07, 6.45) is 0. The number of aliphatic hydroxyl groups is 1. The zero-order chi connectivity index (χ0) is 13.8. The molecule has 1 N–H and O–H groups in total. The van der Waals surface area contributed by atoms with Gasteiger partial charge in [0.1, 0.15) is 5.82 Å². The summed E-state index contributed by atoms with van der Waals surface area (Å²) in [5, 5.41) is 19.7. The summed E-state index contributed by atoms with van der Waals surface area (Å²) in [6, 6.07) is 10.2. The van der Waals surface area contributed by atoms with Crippen LogP contribution in [0.25, 0.3) is 0 Å². The Balaban J connectivity index is 2.23. The van der Waals surface area contributed by atoms with Crippen LogP contribution < -0.4 is 0 Å². The number of rotatable bonds is 4. The van der Waals surface area contributed by atoms with E-state index in [1.165, 1.54) is 36.0 Å². The lowest BCUT2D eigenvalue weighted by Crippen LogP contribution is -1.90. The quantitative estimate of drug-likeness (QED) is 0.688. The van der Waals surface area contributed by atoms with Gasteiger partial charge < -0.3 is 5.11 Å². The van der Waals surface area contributed by atoms with Crippen LogP contribution in [-0.2, 0) is 6.61 Å². The number of halogens is 1. The third kappa shape index (κ3) is 3.30. The molecule has 98 valence electrons. The Hall–Kier alpha value is -1.92. The van der Waals surface area contributed by atoms with Gasteiger partial charge in [0.25, 0.3) is 5.69 Å². The number of aliphatic hydroxyl groups excluding tert-OH is 1. The van der Waals surface area contributed by atoms with Crippen LogP contribution in [0.5, 0.6) is 0 Å². The first-order chi connectivity index (χ1) is 9.10. The second-order valence-corrected chi connectivity index (χ2v) is 4.88. The highest BCUT2D eigenvalue weighted by Crippen LogP contribution is 2.31. The average molecular weight is 279 g/mol. The third-order valence-electron chi connectivity index (χ3n) is 2.47. The topological polar surface area (TPSA) is 63.4 Å². The van der Waals surface area contributed by atoms with Gasteiger partial charge in [-0.2, -0.15) is 0 Å².